The van der Waals surface area contributed by atoms with E-state index in [2.05, 4.69) is 27.0 Å². The van der Waals surface area contributed by atoms with Crippen molar-refractivity contribution in [3.8, 4) is 11.5 Å². The fourth-order valence-electron chi connectivity index (χ4n) is 0.919. The van der Waals surface area contributed by atoms with Crippen LogP contribution in [0.25, 0.3) is 11.5 Å². The molecule has 0 fully saturated rings. The minimum Gasteiger partial charge on any atom is -0.445 e. The van der Waals surface area contributed by atoms with E-state index in [1.165, 1.54) is 0 Å². The Morgan fingerprint density at radius 1 is 1.50 bits per heavy atom. The lowest BCUT2D eigenvalue weighted by atomic mass is 10.2. The number of rotatable bonds is 1. The number of benzene rings is 1. The Hall–Kier alpha value is -1.09. The molecule has 0 saturated carbocycles. The van der Waals surface area contributed by atoms with Crippen molar-refractivity contribution >= 4 is 15.9 Å². The SMILES string of the molecule is Brc1cc[c]c(-c2ncco2)c1. The predicted molar refractivity (Wildman–Crippen MR) is 48.5 cm³/mol. The van der Waals surface area contributed by atoms with Crippen molar-refractivity contribution in [2.45, 2.75) is 0 Å². The standard InChI is InChI=1S/C9H5BrNO/c10-8-3-1-2-7(6-8)9-11-4-5-12-9/h1,3-6H. The maximum Gasteiger partial charge on any atom is 0.226 e. The maximum atomic E-state index is 5.11. The minimum atomic E-state index is 0.594. The molecule has 0 atom stereocenters. The second-order valence-electron chi connectivity index (χ2n) is 2.26. The molecule has 0 aliphatic heterocycles. The first-order valence-corrected chi connectivity index (χ1v) is 4.22. The van der Waals surface area contributed by atoms with Crippen LogP contribution in [-0.2, 0) is 0 Å². The van der Waals surface area contributed by atoms with Crippen LogP contribution < -0.4 is 0 Å². The summed E-state index contributed by atoms with van der Waals surface area (Å²) in [4.78, 5) is 4.01. The highest BCUT2D eigenvalue weighted by atomic mass is 79.9. The zero-order chi connectivity index (χ0) is 8.39. The Balaban J connectivity index is 2.48. The highest BCUT2D eigenvalue weighted by Crippen LogP contribution is 2.20. The summed E-state index contributed by atoms with van der Waals surface area (Å²) in [6.07, 6.45) is 3.16. The first-order chi connectivity index (χ1) is 5.86. The average molecular weight is 223 g/mol. The van der Waals surface area contributed by atoms with Gasteiger partial charge in [0.15, 0.2) is 0 Å². The van der Waals surface area contributed by atoms with Crippen molar-refractivity contribution in [3.05, 3.63) is 41.2 Å². The summed E-state index contributed by atoms with van der Waals surface area (Å²) < 4.78 is 6.11. The molecule has 0 saturated heterocycles. The number of halogens is 1. The largest absolute Gasteiger partial charge is 0.445 e. The van der Waals surface area contributed by atoms with E-state index in [4.69, 9.17) is 4.42 Å². The van der Waals surface area contributed by atoms with Gasteiger partial charge in [0.1, 0.15) is 6.26 Å². The Labute approximate surface area is 78.4 Å². The first-order valence-electron chi connectivity index (χ1n) is 3.43. The lowest BCUT2D eigenvalue weighted by molar-refractivity contribution is 0.574. The van der Waals surface area contributed by atoms with Gasteiger partial charge in [0.05, 0.1) is 6.20 Å². The number of nitrogens with zero attached hydrogens (tertiary/aromatic N) is 1. The monoisotopic (exact) mass is 222 g/mol. The van der Waals surface area contributed by atoms with Crippen LogP contribution in [-0.4, -0.2) is 4.98 Å². The van der Waals surface area contributed by atoms with Gasteiger partial charge < -0.3 is 4.42 Å². The van der Waals surface area contributed by atoms with Crippen molar-refractivity contribution in [1.29, 1.82) is 0 Å². The highest BCUT2D eigenvalue weighted by molar-refractivity contribution is 9.10. The van der Waals surface area contributed by atoms with Crippen molar-refractivity contribution in [3.63, 3.8) is 0 Å². The molecular formula is C9H5BrNO. The third kappa shape index (κ3) is 1.41. The van der Waals surface area contributed by atoms with E-state index < -0.39 is 0 Å². The average Bonchev–Trinajstić information content (AvgIpc) is 2.56. The van der Waals surface area contributed by atoms with Gasteiger partial charge in [-0.05, 0) is 18.2 Å². The third-order valence-corrected chi connectivity index (χ3v) is 1.92. The molecule has 2 nitrogen and oxygen atoms in total. The van der Waals surface area contributed by atoms with Crippen molar-refractivity contribution in [1.82, 2.24) is 4.98 Å². The van der Waals surface area contributed by atoms with Gasteiger partial charge in [-0.25, -0.2) is 4.98 Å². The maximum absolute atomic E-state index is 5.11. The number of hydrogen-bond acceptors (Lipinski definition) is 2. The van der Waals surface area contributed by atoms with Gasteiger partial charge in [0.25, 0.3) is 0 Å². The molecule has 2 rings (SSSR count). The normalized spacial score (nSPS) is 10.1. The van der Waals surface area contributed by atoms with Gasteiger partial charge in [-0.1, -0.05) is 22.0 Å². The van der Waals surface area contributed by atoms with Crippen LogP contribution >= 0.6 is 15.9 Å². The molecule has 12 heavy (non-hydrogen) atoms. The number of oxazole rings is 1. The van der Waals surface area contributed by atoms with Gasteiger partial charge in [0, 0.05) is 10.0 Å². The van der Waals surface area contributed by atoms with Crippen LogP contribution in [0.1, 0.15) is 0 Å². The van der Waals surface area contributed by atoms with Crippen LogP contribution in [0, 0.1) is 6.07 Å². The van der Waals surface area contributed by atoms with Gasteiger partial charge in [-0.2, -0.15) is 0 Å². The molecule has 0 aliphatic carbocycles. The Bertz CT molecular complexity index is 370. The zero-order valence-electron chi connectivity index (χ0n) is 6.12. The molecule has 0 amide bonds. The molecule has 2 aromatic rings. The van der Waals surface area contributed by atoms with Crippen LogP contribution in [0.5, 0.6) is 0 Å². The van der Waals surface area contributed by atoms with Gasteiger partial charge in [0.2, 0.25) is 5.89 Å². The van der Waals surface area contributed by atoms with Crippen molar-refractivity contribution in [2.75, 3.05) is 0 Å². The third-order valence-electron chi connectivity index (χ3n) is 1.43. The summed E-state index contributed by atoms with van der Waals surface area (Å²) in [6.45, 7) is 0. The Kier molecular flexibility index (Phi) is 1.96. The van der Waals surface area contributed by atoms with E-state index in [9.17, 15) is 0 Å². The summed E-state index contributed by atoms with van der Waals surface area (Å²) in [6, 6.07) is 8.67. The Morgan fingerprint density at radius 3 is 3.08 bits per heavy atom. The first kappa shape index (κ1) is 7.55. The van der Waals surface area contributed by atoms with E-state index in [1.54, 1.807) is 12.5 Å². The van der Waals surface area contributed by atoms with Crippen molar-refractivity contribution < 1.29 is 4.42 Å². The minimum absolute atomic E-state index is 0.594. The summed E-state index contributed by atoms with van der Waals surface area (Å²) in [5.74, 6) is 0.594. The fraction of sp³-hybridized carbons (Fsp3) is 0. The zero-order valence-corrected chi connectivity index (χ0v) is 7.71. The van der Waals surface area contributed by atoms with E-state index >= 15 is 0 Å². The molecular weight excluding hydrogens is 218 g/mol. The fourth-order valence-corrected chi connectivity index (χ4v) is 1.28. The lowest BCUT2D eigenvalue weighted by Crippen LogP contribution is -1.76. The summed E-state index contributed by atoms with van der Waals surface area (Å²) in [5, 5.41) is 0. The number of hydrogen-bond donors (Lipinski definition) is 0. The molecule has 0 unspecified atom stereocenters. The summed E-state index contributed by atoms with van der Waals surface area (Å²) >= 11 is 3.36. The smallest absolute Gasteiger partial charge is 0.226 e. The van der Waals surface area contributed by atoms with Crippen LogP contribution in [0.15, 0.2) is 39.5 Å². The molecule has 59 valence electrons. The van der Waals surface area contributed by atoms with E-state index in [0.717, 1.165) is 10.0 Å². The molecule has 1 radical (unpaired) electrons. The molecule has 0 N–H and O–H groups in total. The van der Waals surface area contributed by atoms with Crippen LogP contribution in [0.4, 0.5) is 0 Å². The number of aromatic nitrogens is 1. The predicted octanol–water partition coefficient (Wildman–Crippen LogP) is 2.90. The Morgan fingerprint density at radius 2 is 2.42 bits per heavy atom. The topological polar surface area (TPSA) is 26.0 Å². The van der Waals surface area contributed by atoms with E-state index in [0.29, 0.717) is 5.89 Å². The second kappa shape index (κ2) is 3.11. The molecule has 0 bridgehead atoms. The summed E-state index contributed by atoms with van der Waals surface area (Å²) in [7, 11) is 0. The molecule has 0 spiro atoms. The molecule has 0 aliphatic rings. The van der Waals surface area contributed by atoms with Gasteiger partial charge >= 0.3 is 0 Å². The van der Waals surface area contributed by atoms with Crippen LogP contribution in [0.3, 0.4) is 0 Å². The van der Waals surface area contributed by atoms with E-state index in [-0.39, 0.29) is 0 Å². The second-order valence-corrected chi connectivity index (χ2v) is 3.17. The highest BCUT2D eigenvalue weighted by Gasteiger charge is 2.01. The molecule has 3 heteroatoms. The molecule has 1 aromatic heterocycles. The van der Waals surface area contributed by atoms with Crippen LogP contribution in [0.2, 0.25) is 0 Å². The van der Waals surface area contributed by atoms with Crippen molar-refractivity contribution in [2.24, 2.45) is 0 Å². The summed E-state index contributed by atoms with van der Waals surface area (Å²) in [5.41, 5.74) is 0.856. The van der Waals surface area contributed by atoms with E-state index in [1.807, 2.05) is 18.2 Å². The molecule has 1 aromatic carbocycles. The molecule has 1 heterocycles. The van der Waals surface area contributed by atoms with Gasteiger partial charge in [-0.15, -0.1) is 0 Å². The quantitative estimate of drug-likeness (QED) is 0.742. The van der Waals surface area contributed by atoms with Gasteiger partial charge in [-0.3, -0.25) is 0 Å². The lowest BCUT2D eigenvalue weighted by Gasteiger charge is -1.93.